The van der Waals surface area contributed by atoms with E-state index in [2.05, 4.69) is 21.2 Å². The van der Waals surface area contributed by atoms with Gasteiger partial charge in [-0.2, -0.15) is 0 Å². The highest BCUT2D eigenvalue weighted by Gasteiger charge is 2.33. The number of rotatable bonds is 2. The number of hydrogen-bond acceptors (Lipinski definition) is 2. The number of nitrogens with one attached hydrogen (secondary N) is 1. The number of likely N-dealkylation sites (tertiary alicyclic amines) is 1. The van der Waals surface area contributed by atoms with Crippen molar-refractivity contribution in [3.8, 4) is 0 Å². The third-order valence-electron chi connectivity index (χ3n) is 4.15. The summed E-state index contributed by atoms with van der Waals surface area (Å²) < 4.78 is 1.02. The van der Waals surface area contributed by atoms with E-state index in [1.165, 1.54) is 0 Å². The van der Waals surface area contributed by atoms with Crippen LogP contribution in [0.15, 0.2) is 22.7 Å². The first-order valence-corrected chi connectivity index (χ1v) is 8.84. The van der Waals surface area contributed by atoms with Gasteiger partial charge in [0, 0.05) is 28.7 Å². The molecule has 1 fully saturated rings. The zero-order chi connectivity index (χ0) is 17.2. The van der Waals surface area contributed by atoms with E-state index >= 15 is 0 Å². The molecule has 1 atom stereocenters. The SMILES string of the molecule is Cc1cc(NC(=O)C2CCCN(C(=O)C(C)(C)C)C2)ccc1Br. The third kappa shape index (κ3) is 4.56. The van der Waals surface area contributed by atoms with Crippen LogP contribution in [0.1, 0.15) is 39.2 Å². The first-order valence-electron chi connectivity index (χ1n) is 8.05. The molecule has 5 heteroatoms. The summed E-state index contributed by atoms with van der Waals surface area (Å²) in [5.74, 6) is -0.0216. The molecule has 1 aromatic rings. The number of piperidine rings is 1. The van der Waals surface area contributed by atoms with Crippen LogP contribution in [0.2, 0.25) is 0 Å². The average Bonchev–Trinajstić information content (AvgIpc) is 2.49. The highest BCUT2D eigenvalue weighted by Crippen LogP contribution is 2.25. The Morgan fingerprint density at radius 3 is 2.61 bits per heavy atom. The van der Waals surface area contributed by atoms with Crippen molar-refractivity contribution < 1.29 is 9.59 Å². The number of amides is 2. The minimum Gasteiger partial charge on any atom is -0.341 e. The Labute approximate surface area is 146 Å². The minimum atomic E-state index is -0.402. The quantitative estimate of drug-likeness (QED) is 0.843. The molecular weight excluding hydrogens is 356 g/mol. The van der Waals surface area contributed by atoms with Crippen molar-refractivity contribution in [1.82, 2.24) is 4.90 Å². The predicted octanol–water partition coefficient (Wildman–Crippen LogP) is 3.98. The van der Waals surface area contributed by atoms with E-state index in [4.69, 9.17) is 0 Å². The zero-order valence-corrected chi connectivity index (χ0v) is 15.9. The fourth-order valence-corrected chi connectivity index (χ4v) is 3.06. The minimum absolute atomic E-state index is 0.00173. The van der Waals surface area contributed by atoms with E-state index in [1.807, 2.05) is 50.8 Å². The maximum absolute atomic E-state index is 12.5. The molecule has 1 heterocycles. The summed E-state index contributed by atoms with van der Waals surface area (Å²) in [7, 11) is 0. The van der Waals surface area contributed by atoms with Crippen LogP contribution in [0.25, 0.3) is 0 Å². The standard InChI is InChI=1S/C18H25BrN2O2/c1-12-10-14(7-8-15(12)19)20-16(22)13-6-5-9-21(11-13)17(23)18(2,3)4/h7-8,10,13H,5-6,9,11H2,1-4H3,(H,20,22). The van der Waals surface area contributed by atoms with Crippen LogP contribution < -0.4 is 5.32 Å². The van der Waals surface area contributed by atoms with E-state index in [-0.39, 0.29) is 17.7 Å². The Hall–Kier alpha value is -1.36. The van der Waals surface area contributed by atoms with Crippen molar-refractivity contribution in [2.45, 2.75) is 40.5 Å². The van der Waals surface area contributed by atoms with Gasteiger partial charge in [0.05, 0.1) is 5.92 Å². The molecule has 1 aliphatic heterocycles. The van der Waals surface area contributed by atoms with Crippen LogP contribution in [0.3, 0.4) is 0 Å². The molecule has 2 amide bonds. The molecule has 1 aliphatic rings. The maximum atomic E-state index is 12.5. The molecule has 0 spiro atoms. The van der Waals surface area contributed by atoms with E-state index in [1.54, 1.807) is 0 Å². The monoisotopic (exact) mass is 380 g/mol. The lowest BCUT2D eigenvalue weighted by molar-refractivity contribution is -0.142. The second-order valence-electron chi connectivity index (χ2n) is 7.29. The van der Waals surface area contributed by atoms with Gasteiger partial charge < -0.3 is 10.2 Å². The van der Waals surface area contributed by atoms with Crippen LogP contribution in [0.5, 0.6) is 0 Å². The number of anilines is 1. The topological polar surface area (TPSA) is 49.4 Å². The summed E-state index contributed by atoms with van der Waals surface area (Å²) in [5, 5.41) is 2.98. The molecule has 2 rings (SSSR count). The number of carbonyl (C=O) groups is 2. The smallest absolute Gasteiger partial charge is 0.229 e. The lowest BCUT2D eigenvalue weighted by atomic mass is 9.91. The molecule has 0 radical (unpaired) electrons. The van der Waals surface area contributed by atoms with E-state index < -0.39 is 5.41 Å². The molecule has 0 aromatic heterocycles. The largest absolute Gasteiger partial charge is 0.341 e. The maximum Gasteiger partial charge on any atom is 0.229 e. The highest BCUT2D eigenvalue weighted by molar-refractivity contribution is 9.10. The molecule has 1 saturated heterocycles. The van der Waals surface area contributed by atoms with Gasteiger partial charge in [0.2, 0.25) is 11.8 Å². The number of aryl methyl sites for hydroxylation is 1. The Morgan fingerprint density at radius 1 is 1.30 bits per heavy atom. The summed E-state index contributed by atoms with van der Waals surface area (Å²) in [6, 6.07) is 5.76. The third-order valence-corrected chi connectivity index (χ3v) is 5.04. The van der Waals surface area contributed by atoms with Gasteiger partial charge in [0.25, 0.3) is 0 Å². The summed E-state index contributed by atoms with van der Waals surface area (Å²) in [5.41, 5.74) is 1.48. The van der Waals surface area contributed by atoms with Gasteiger partial charge in [-0.1, -0.05) is 36.7 Å². The predicted molar refractivity (Wildman–Crippen MR) is 96.3 cm³/mol. The molecule has 0 aliphatic carbocycles. The van der Waals surface area contributed by atoms with Crippen LogP contribution in [0, 0.1) is 18.3 Å². The summed E-state index contributed by atoms with van der Waals surface area (Å²) in [6.45, 7) is 9.01. The second-order valence-corrected chi connectivity index (χ2v) is 8.15. The number of halogens is 1. The van der Waals surface area contributed by atoms with Gasteiger partial charge in [0.15, 0.2) is 0 Å². The van der Waals surface area contributed by atoms with Crippen molar-refractivity contribution in [1.29, 1.82) is 0 Å². The van der Waals surface area contributed by atoms with Gasteiger partial charge >= 0.3 is 0 Å². The molecule has 1 aromatic carbocycles. The molecule has 4 nitrogen and oxygen atoms in total. The van der Waals surface area contributed by atoms with Gasteiger partial charge in [0.1, 0.15) is 0 Å². The molecule has 0 bridgehead atoms. The lowest BCUT2D eigenvalue weighted by Gasteiger charge is -2.35. The van der Waals surface area contributed by atoms with E-state index in [9.17, 15) is 9.59 Å². The van der Waals surface area contributed by atoms with Gasteiger partial charge in [-0.15, -0.1) is 0 Å². The second kappa shape index (κ2) is 7.04. The van der Waals surface area contributed by atoms with E-state index in [0.29, 0.717) is 6.54 Å². The fourth-order valence-electron chi connectivity index (χ4n) is 2.82. The van der Waals surface area contributed by atoms with Crippen molar-refractivity contribution >= 4 is 33.4 Å². The Morgan fingerprint density at radius 2 is 2.00 bits per heavy atom. The highest BCUT2D eigenvalue weighted by atomic mass is 79.9. The van der Waals surface area contributed by atoms with Crippen LogP contribution >= 0.6 is 15.9 Å². The van der Waals surface area contributed by atoms with Gasteiger partial charge in [-0.05, 0) is 43.5 Å². The number of benzene rings is 1. The summed E-state index contributed by atoms with van der Waals surface area (Å²) in [6.07, 6.45) is 1.70. The van der Waals surface area contributed by atoms with Crippen LogP contribution in [0.4, 0.5) is 5.69 Å². The van der Waals surface area contributed by atoms with Crippen molar-refractivity contribution in [2.24, 2.45) is 11.3 Å². The molecular formula is C18H25BrN2O2. The molecule has 0 saturated carbocycles. The normalized spacial score (nSPS) is 18.7. The molecule has 1 N–H and O–H groups in total. The molecule has 126 valence electrons. The van der Waals surface area contributed by atoms with E-state index in [0.717, 1.165) is 35.1 Å². The number of nitrogens with zero attached hydrogens (tertiary/aromatic N) is 1. The number of carbonyl (C=O) groups excluding carboxylic acids is 2. The lowest BCUT2D eigenvalue weighted by Crippen LogP contribution is -2.47. The zero-order valence-electron chi connectivity index (χ0n) is 14.3. The summed E-state index contributed by atoms with van der Waals surface area (Å²) >= 11 is 3.46. The van der Waals surface area contributed by atoms with Crippen LogP contribution in [-0.4, -0.2) is 29.8 Å². The average molecular weight is 381 g/mol. The Balaban J connectivity index is 2.02. The van der Waals surface area contributed by atoms with Gasteiger partial charge in [-0.3, -0.25) is 9.59 Å². The molecule has 1 unspecified atom stereocenters. The van der Waals surface area contributed by atoms with Crippen molar-refractivity contribution in [2.75, 3.05) is 18.4 Å². The first-order chi connectivity index (χ1) is 10.7. The van der Waals surface area contributed by atoms with Gasteiger partial charge in [-0.25, -0.2) is 0 Å². The molecule has 23 heavy (non-hydrogen) atoms. The van der Waals surface area contributed by atoms with Crippen molar-refractivity contribution in [3.05, 3.63) is 28.2 Å². The Kier molecular flexibility index (Phi) is 5.50. The fraction of sp³-hybridized carbons (Fsp3) is 0.556. The number of hydrogen-bond donors (Lipinski definition) is 1. The Bertz CT molecular complexity index is 608. The summed E-state index contributed by atoms with van der Waals surface area (Å²) in [4.78, 5) is 26.8. The van der Waals surface area contributed by atoms with Crippen LogP contribution in [-0.2, 0) is 9.59 Å². The first kappa shape index (κ1) is 18.0. The van der Waals surface area contributed by atoms with Crippen molar-refractivity contribution in [3.63, 3.8) is 0 Å².